The van der Waals surface area contributed by atoms with E-state index in [0.717, 1.165) is 0 Å². The third-order valence-electron chi connectivity index (χ3n) is 2.60. The normalized spacial score (nSPS) is 24.1. The van der Waals surface area contributed by atoms with Crippen molar-refractivity contribution in [2.45, 2.75) is 18.4 Å². The quantitative estimate of drug-likeness (QED) is 0.596. The maximum absolute atomic E-state index is 11.4. The highest BCUT2D eigenvalue weighted by atomic mass is 35.5. The van der Waals surface area contributed by atoms with Crippen LogP contribution in [0.15, 0.2) is 10.5 Å². The minimum absolute atomic E-state index is 0.0356. The Kier molecular flexibility index (Phi) is 3.22. The molecule has 1 aliphatic rings. The third kappa shape index (κ3) is 2.08. The van der Waals surface area contributed by atoms with E-state index < -0.39 is 17.5 Å². The number of ether oxygens (including phenoxy) is 2. The zero-order chi connectivity index (χ0) is 12.6. The molecule has 5 nitrogen and oxygen atoms in total. The zero-order valence-corrected chi connectivity index (χ0v) is 10.1. The number of carbonyl (C=O) groups excluding carboxylic acids is 2. The van der Waals surface area contributed by atoms with Crippen molar-refractivity contribution in [1.82, 2.24) is 0 Å². The Labute approximate surface area is 103 Å². The van der Waals surface area contributed by atoms with Gasteiger partial charge in [0, 0.05) is 0 Å². The number of aryl methyl sites for hydroxylation is 1. The van der Waals surface area contributed by atoms with E-state index in [9.17, 15) is 9.59 Å². The Hall–Kier alpha value is -1.33. The minimum atomic E-state index is -0.772. The number of rotatable bonds is 2. The summed E-state index contributed by atoms with van der Waals surface area (Å²) in [6.07, 6.45) is -0.638. The fraction of sp³-hybridized carbons (Fsp3) is 0.455. The fourth-order valence-corrected chi connectivity index (χ4v) is 1.95. The van der Waals surface area contributed by atoms with Gasteiger partial charge in [-0.2, -0.15) is 0 Å². The molecule has 6 heteroatoms. The predicted molar refractivity (Wildman–Crippen MR) is 58.1 cm³/mol. The van der Waals surface area contributed by atoms with Crippen LogP contribution in [-0.2, 0) is 14.3 Å². The van der Waals surface area contributed by atoms with Crippen molar-refractivity contribution < 1.29 is 23.5 Å². The molecule has 0 bridgehead atoms. The van der Waals surface area contributed by atoms with Gasteiger partial charge in [0.15, 0.2) is 5.78 Å². The van der Waals surface area contributed by atoms with Crippen LogP contribution in [0.25, 0.3) is 0 Å². The molecule has 0 unspecified atom stereocenters. The van der Waals surface area contributed by atoms with Crippen molar-refractivity contribution in [3.8, 4) is 0 Å². The smallest absolute Gasteiger partial charge is 0.341 e. The molecule has 1 aliphatic heterocycles. The van der Waals surface area contributed by atoms with Gasteiger partial charge < -0.3 is 13.9 Å². The molecule has 2 heterocycles. The van der Waals surface area contributed by atoms with Crippen LogP contribution in [0.4, 0.5) is 0 Å². The molecule has 0 aromatic carbocycles. The molecule has 92 valence electrons. The Morgan fingerprint density at radius 2 is 2.29 bits per heavy atom. The largest absolute Gasteiger partial charge is 0.465 e. The highest BCUT2D eigenvalue weighted by molar-refractivity contribution is 6.32. The molecule has 2 atom stereocenters. The Morgan fingerprint density at radius 3 is 2.82 bits per heavy atom. The molecule has 0 spiro atoms. The van der Waals surface area contributed by atoms with Crippen LogP contribution in [-0.4, -0.2) is 30.8 Å². The molecule has 0 aliphatic carbocycles. The van der Waals surface area contributed by atoms with Crippen LogP contribution >= 0.6 is 11.6 Å². The summed E-state index contributed by atoms with van der Waals surface area (Å²) in [4.78, 5) is 22.6. The van der Waals surface area contributed by atoms with Gasteiger partial charge in [-0.05, 0) is 13.0 Å². The molecule has 1 saturated heterocycles. The molecular formula is C11H11ClO5. The molecule has 1 aromatic heterocycles. The van der Waals surface area contributed by atoms with E-state index in [4.69, 9.17) is 20.8 Å². The minimum Gasteiger partial charge on any atom is -0.465 e. The average molecular weight is 259 g/mol. The van der Waals surface area contributed by atoms with Crippen LogP contribution < -0.4 is 0 Å². The van der Waals surface area contributed by atoms with Gasteiger partial charge >= 0.3 is 5.97 Å². The van der Waals surface area contributed by atoms with Gasteiger partial charge in [0.1, 0.15) is 35.2 Å². The van der Waals surface area contributed by atoms with Gasteiger partial charge in [0.05, 0.1) is 7.11 Å². The topological polar surface area (TPSA) is 65.7 Å². The van der Waals surface area contributed by atoms with E-state index in [2.05, 4.69) is 4.74 Å². The molecule has 0 N–H and O–H groups in total. The van der Waals surface area contributed by atoms with Gasteiger partial charge in [0.25, 0.3) is 0 Å². The summed E-state index contributed by atoms with van der Waals surface area (Å²) >= 11 is 5.89. The summed E-state index contributed by atoms with van der Waals surface area (Å²) in [7, 11) is 1.29. The first-order valence-corrected chi connectivity index (χ1v) is 5.45. The Balaban J connectivity index is 2.29. The lowest BCUT2D eigenvalue weighted by Crippen LogP contribution is -2.13. The lowest BCUT2D eigenvalue weighted by Gasteiger charge is -2.07. The van der Waals surface area contributed by atoms with Crippen molar-refractivity contribution in [3.05, 3.63) is 23.2 Å². The predicted octanol–water partition coefficient (Wildman–Crippen LogP) is 1.62. The van der Waals surface area contributed by atoms with Crippen molar-refractivity contribution in [1.29, 1.82) is 0 Å². The van der Waals surface area contributed by atoms with E-state index in [0.29, 0.717) is 17.1 Å². The van der Waals surface area contributed by atoms with Gasteiger partial charge in [0.2, 0.25) is 0 Å². The summed E-state index contributed by atoms with van der Waals surface area (Å²) in [5, 5.41) is -0.772. The average Bonchev–Trinajstić information content (AvgIpc) is 2.83. The van der Waals surface area contributed by atoms with E-state index in [1.54, 1.807) is 6.92 Å². The Bertz CT molecular complexity index is 464. The van der Waals surface area contributed by atoms with Crippen LogP contribution in [0.2, 0.25) is 0 Å². The molecule has 0 radical (unpaired) electrons. The molecule has 2 rings (SSSR count). The van der Waals surface area contributed by atoms with Crippen molar-refractivity contribution in [3.63, 3.8) is 0 Å². The van der Waals surface area contributed by atoms with E-state index in [-0.39, 0.29) is 12.4 Å². The number of Topliss-reactive ketones (excluding diaryl/α,β-unsaturated/α-hetero) is 1. The second-order valence-corrected chi connectivity index (χ2v) is 4.18. The maximum Gasteiger partial charge on any atom is 0.341 e. The number of furan rings is 1. The van der Waals surface area contributed by atoms with Gasteiger partial charge in [-0.25, -0.2) is 4.79 Å². The number of hydrogen-bond acceptors (Lipinski definition) is 5. The van der Waals surface area contributed by atoms with Crippen molar-refractivity contribution >= 4 is 23.4 Å². The second kappa shape index (κ2) is 4.50. The lowest BCUT2D eigenvalue weighted by atomic mass is 10.1. The Morgan fingerprint density at radius 1 is 1.59 bits per heavy atom. The van der Waals surface area contributed by atoms with Crippen molar-refractivity contribution in [2.24, 2.45) is 0 Å². The number of ketones is 1. The summed E-state index contributed by atoms with van der Waals surface area (Å²) < 4.78 is 15.2. The van der Waals surface area contributed by atoms with Crippen molar-refractivity contribution in [2.75, 3.05) is 13.7 Å². The first-order chi connectivity index (χ1) is 8.04. The number of carbonyl (C=O) groups is 2. The molecular weight excluding hydrogens is 248 g/mol. The number of alkyl halides is 1. The standard InChI is InChI=1S/C11H11ClO5/c1-5-6(11(14)15-2)3-8(17-5)10-9(12)7(13)4-16-10/h3,9-10H,4H2,1-2H3/t9-,10+/m0/s1. The summed E-state index contributed by atoms with van der Waals surface area (Å²) in [5.41, 5.74) is 0.314. The fourth-order valence-electron chi connectivity index (χ4n) is 1.69. The number of halogens is 1. The zero-order valence-electron chi connectivity index (χ0n) is 9.36. The number of esters is 1. The van der Waals surface area contributed by atoms with Gasteiger partial charge in [-0.15, -0.1) is 11.6 Å². The summed E-state index contributed by atoms with van der Waals surface area (Å²) in [5.74, 6) is 0.102. The van der Waals surface area contributed by atoms with Gasteiger partial charge in [-0.3, -0.25) is 4.79 Å². The number of hydrogen-bond donors (Lipinski definition) is 0. The molecule has 0 saturated carbocycles. The van der Waals surface area contributed by atoms with Crippen LogP contribution in [0.5, 0.6) is 0 Å². The van der Waals surface area contributed by atoms with E-state index in [1.807, 2.05) is 0 Å². The highest BCUT2D eigenvalue weighted by Crippen LogP contribution is 2.33. The summed E-state index contributed by atoms with van der Waals surface area (Å²) in [6.45, 7) is 1.60. The summed E-state index contributed by atoms with van der Waals surface area (Å²) in [6, 6.07) is 1.50. The molecule has 0 amide bonds. The van der Waals surface area contributed by atoms with Crippen LogP contribution in [0.3, 0.4) is 0 Å². The molecule has 1 aromatic rings. The maximum atomic E-state index is 11.4. The third-order valence-corrected chi connectivity index (χ3v) is 3.07. The SMILES string of the molecule is COC(=O)c1cc([C@H]2OCC(=O)[C@@H]2Cl)oc1C. The first-order valence-electron chi connectivity index (χ1n) is 5.01. The number of methoxy groups -OCH3 is 1. The van der Waals surface area contributed by atoms with Gasteiger partial charge in [-0.1, -0.05) is 0 Å². The second-order valence-electron chi connectivity index (χ2n) is 3.71. The van der Waals surface area contributed by atoms with E-state index >= 15 is 0 Å². The molecule has 17 heavy (non-hydrogen) atoms. The van der Waals surface area contributed by atoms with E-state index in [1.165, 1.54) is 13.2 Å². The van der Waals surface area contributed by atoms with Crippen LogP contribution in [0.1, 0.15) is 28.0 Å². The first kappa shape index (κ1) is 12.1. The van der Waals surface area contributed by atoms with Crippen LogP contribution in [0, 0.1) is 6.92 Å². The highest BCUT2D eigenvalue weighted by Gasteiger charge is 2.38. The lowest BCUT2D eigenvalue weighted by molar-refractivity contribution is -0.117. The monoisotopic (exact) mass is 258 g/mol. The molecule has 1 fully saturated rings.